The molecule has 0 spiro atoms. The van der Waals surface area contributed by atoms with E-state index in [0.29, 0.717) is 42.2 Å². The van der Waals surface area contributed by atoms with Gasteiger partial charge in [0.05, 0.1) is 17.3 Å². The number of hydrogen-bond acceptors (Lipinski definition) is 5. The zero-order chi connectivity index (χ0) is 14.2. The highest BCUT2D eigenvalue weighted by Crippen LogP contribution is 2.39. The van der Waals surface area contributed by atoms with Gasteiger partial charge in [0.2, 0.25) is 0 Å². The number of fused-ring (bicyclic) bond motifs is 1. The molecular weight excluding hydrogens is 292 g/mol. The van der Waals surface area contributed by atoms with Crippen molar-refractivity contribution in [3.63, 3.8) is 0 Å². The average Bonchev–Trinajstić information content (AvgIpc) is 3.24. The summed E-state index contributed by atoms with van der Waals surface area (Å²) in [7, 11) is 0. The van der Waals surface area contributed by atoms with Gasteiger partial charge in [0, 0.05) is 18.1 Å². The lowest BCUT2D eigenvalue weighted by Gasteiger charge is -2.20. The van der Waals surface area contributed by atoms with Crippen LogP contribution in [0.1, 0.15) is 30.4 Å². The zero-order valence-electron chi connectivity index (χ0n) is 11.4. The molecule has 1 aliphatic carbocycles. The summed E-state index contributed by atoms with van der Waals surface area (Å²) >= 11 is 6.25. The summed E-state index contributed by atoms with van der Waals surface area (Å²) in [6.45, 7) is 1.65. The highest BCUT2D eigenvalue weighted by atomic mass is 35.5. The molecule has 7 heteroatoms. The van der Waals surface area contributed by atoms with E-state index in [1.54, 1.807) is 6.07 Å². The summed E-state index contributed by atoms with van der Waals surface area (Å²) < 4.78 is 11.0. The molecule has 0 amide bonds. The van der Waals surface area contributed by atoms with E-state index in [1.807, 2.05) is 6.07 Å². The molecule has 0 radical (unpaired) electrons. The van der Waals surface area contributed by atoms with Gasteiger partial charge in [-0.15, -0.1) is 0 Å². The minimum Gasteiger partial charge on any atom is -0.486 e. The monoisotopic (exact) mass is 306 g/mol. The molecular formula is C14H15ClN4O2. The molecule has 1 saturated carbocycles. The molecule has 110 valence electrons. The van der Waals surface area contributed by atoms with E-state index in [9.17, 15) is 0 Å². The number of rotatable bonds is 4. The molecule has 0 unspecified atom stereocenters. The van der Waals surface area contributed by atoms with Gasteiger partial charge in [-0.05, 0) is 12.8 Å². The standard InChI is InChI=1S/C14H15ClN4O2/c15-9-5-11-12(21-4-3-20-11)6-10(9)16-7-13-17-14(19-18-13)8-1-2-8/h5-6,8,16H,1-4,7H2,(H,17,18,19). The van der Waals surface area contributed by atoms with Crippen LogP contribution < -0.4 is 14.8 Å². The van der Waals surface area contributed by atoms with Gasteiger partial charge >= 0.3 is 0 Å². The normalized spacial score (nSPS) is 16.8. The van der Waals surface area contributed by atoms with Crippen LogP contribution in [0.4, 0.5) is 5.69 Å². The maximum Gasteiger partial charge on any atom is 0.163 e. The third-order valence-electron chi connectivity index (χ3n) is 3.57. The van der Waals surface area contributed by atoms with Gasteiger partial charge in [-0.2, -0.15) is 5.10 Å². The van der Waals surface area contributed by atoms with E-state index in [4.69, 9.17) is 21.1 Å². The summed E-state index contributed by atoms with van der Waals surface area (Å²) in [5.41, 5.74) is 0.797. The fourth-order valence-corrected chi connectivity index (χ4v) is 2.51. The van der Waals surface area contributed by atoms with Crippen LogP contribution in [0.3, 0.4) is 0 Å². The van der Waals surface area contributed by atoms with E-state index in [0.717, 1.165) is 17.3 Å². The topological polar surface area (TPSA) is 72.1 Å². The third kappa shape index (κ3) is 2.63. The van der Waals surface area contributed by atoms with Crippen LogP contribution in [0.2, 0.25) is 5.02 Å². The van der Waals surface area contributed by atoms with Gasteiger partial charge in [-0.3, -0.25) is 5.10 Å². The smallest absolute Gasteiger partial charge is 0.163 e. The van der Waals surface area contributed by atoms with Crippen molar-refractivity contribution >= 4 is 17.3 Å². The Balaban J connectivity index is 1.48. The molecule has 1 aromatic heterocycles. The van der Waals surface area contributed by atoms with Crippen molar-refractivity contribution < 1.29 is 9.47 Å². The summed E-state index contributed by atoms with van der Waals surface area (Å²) in [6.07, 6.45) is 2.39. The van der Waals surface area contributed by atoms with Crippen LogP contribution in [-0.4, -0.2) is 28.4 Å². The molecule has 2 aromatic rings. The number of H-pyrrole nitrogens is 1. The highest BCUT2D eigenvalue weighted by Gasteiger charge is 2.27. The van der Waals surface area contributed by atoms with E-state index in [1.165, 1.54) is 12.8 Å². The number of aromatic nitrogens is 3. The van der Waals surface area contributed by atoms with Gasteiger partial charge < -0.3 is 14.8 Å². The molecule has 2 aliphatic rings. The van der Waals surface area contributed by atoms with Crippen LogP contribution in [0.15, 0.2) is 12.1 Å². The number of nitrogens with one attached hydrogen (secondary N) is 2. The molecule has 21 heavy (non-hydrogen) atoms. The van der Waals surface area contributed by atoms with Gasteiger partial charge in [0.25, 0.3) is 0 Å². The molecule has 0 bridgehead atoms. The minimum atomic E-state index is 0.541. The molecule has 0 atom stereocenters. The lowest BCUT2D eigenvalue weighted by Crippen LogP contribution is -2.15. The van der Waals surface area contributed by atoms with E-state index in [2.05, 4.69) is 20.5 Å². The number of nitrogens with zero attached hydrogens (tertiary/aromatic N) is 2. The van der Waals surface area contributed by atoms with Crippen LogP contribution in [0.5, 0.6) is 11.5 Å². The first-order valence-electron chi connectivity index (χ1n) is 7.04. The fraction of sp³-hybridized carbons (Fsp3) is 0.429. The molecule has 6 nitrogen and oxygen atoms in total. The molecule has 1 aromatic carbocycles. The predicted molar refractivity (Wildman–Crippen MR) is 78.1 cm³/mol. The Bertz CT molecular complexity index is 669. The van der Waals surface area contributed by atoms with Crippen molar-refractivity contribution in [2.24, 2.45) is 0 Å². The Kier molecular flexibility index (Phi) is 3.11. The van der Waals surface area contributed by atoms with Crippen molar-refractivity contribution in [3.8, 4) is 11.5 Å². The Morgan fingerprint density at radius 2 is 2.00 bits per heavy atom. The van der Waals surface area contributed by atoms with Crippen LogP contribution in [-0.2, 0) is 6.54 Å². The maximum atomic E-state index is 6.25. The minimum absolute atomic E-state index is 0.541. The summed E-state index contributed by atoms with van der Waals surface area (Å²) in [4.78, 5) is 4.48. The Labute approximate surface area is 126 Å². The van der Waals surface area contributed by atoms with Crippen molar-refractivity contribution in [2.75, 3.05) is 18.5 Å². The lowest BCUT2D eigenvalue weighted by molar-refractivity contribution is 0.171. The SMILES string of the molecule is Clc1cc2c(cc1NCc1nc(C3CC3)n[nH]1)OCCO2. The second-order valence-corrected chi connectivity index (χ2v) is 5.65. The Morgan fingerprint density at radius 1 is 1.24 bits per heavy atom. The van der Waals surface area contributed by atoms with Crippen molar-refractivity contribution in [1.82, 2.24) is 15.2 Å². The summed E-state index contributed by atoms with van der Waals surface area (Å²) in [5, 5.41) is 11.0. The maximum absolute atomic E-state index is 6.25. The number of benzene rings is 1. The van der Waals surface area contributed by atoms with Gasteiger partial charge in [-0.25, -0.2) is 4.98 Å². The number of hydrogen-bond donors (Lipinski definition) is 2. The zero-order valence-corrected chi connectivity index (χ0v) is 12.1. The molecule has 2 N–H and O–H groups in total. The number of halogens is 1. The second-order valence-electron chi connectivity index (χ2n) is 5.24. The van der Waals surface area contributed by atoms with Crippen molar-refractivity contribution in [2.45, 2.75) is 25.3 Å². The quantitative estimate of drug-likeness (QED) is 0.908. The Hall–Kier alpha value is -1.95. The Morgan fingerprint density at radius 3 is 2.76 bits per heavy atom. The molecule has 1 fully saturated rings. The van der Waals surface area contributed by atoms with Crippen molar-refractivity contribution in [3.05, 3.63) is 28.8 Å². The first-order chi connectivity index (χ1) is 10.3. The second kappa shape index (κ2) is 5.11. The van der Waals surface area contributed by atoms with Crippen molar-refractivity contribution in [1.29, 1.82) is 0 Å². The molecule has 2 heterocycles. The fourth-order valence-electron chi connectivity index (χ4n) is 2.29. The number of anilines is 1. The van der Waals surface area contributed by atoms with E-state index >= 15 is 0 Å². The average molecular weight is 307 g/mol. The first-order valence-corrected chi connectivity index (χ1v) is 7.41. The first kappa shape index (κ1) is 12.8. The van der Waals surface area contributed by atoms with Crippen LogP contribution >= 0.6 is 11.6 Å². The third-order valence-corrected chi connectivity index (χ3v) is 3.88. The van der Waals surface area contributed by atoms with Crippen LogP contribution in [0.25, 0.3) is 0 Å². The van der Waals surface area contributed by atoms with Gasteiger partial charge in [0.15, 0.2) is 17.3 Å². The largest absolute Gasteiger partial charge is 0.486 e. The van der Waals surface area contributed by atoms with Gasteiger partial charge in [-0.1, -0.05) is 11.6 Å². The molecule has 4 rings (SSSR count). The lowest BCUT2D eigenvalue weighted by atomic mass is 10.2. The van der Waals surface area contributed by atoms with E-state index in [-0.39, 0.29) is 0 Å². The highest BCUT2D eigenvalue weighted by molar-refractivity contribution is 6.33. The van der Waals surface area contributed by atoms with Gasteiger partial charge in [0.1, 0.15) is 19.0 Å². The molecule has 0 saturated heterocycles. The van der Waals surface area contributed by atoms with Crippen LogP contribution in [0, 0.1) is 0 Å². The summed E-state index contributed by atoms with van der Waals surface area (Å²) in [5.74, 6) is 3.67. The van der Waals surface area contributed by atoms with E-state index < -0.39 is 0 Å². The number of ether oxygens (including phenoxy) is 2. The predicted octanol–water partition coefficient (Wildman–Crippen LogP) is 2.72. The number of aromatic amines is 1. The molecule has 1 aliphatic heterocycles. The summed E-state index contributed by atoms with van der Waals surface area (Å²) in [6, 6.07) is 3.63.